The Hall–Kier alpha value is -2.28. The lowest BCUT2D eigenvalue weighted by molar-refractivity contribution is -0.137. The van der Waals surface area contributed by atoms with Gasteiger partial charge in [0.15, 0.2) is 0 Å². The molecule has 1 N–H and O–H groups in total. The maximum Gasteiger partial charge on any atom is 0.323 e. The van der Waals surface area contributed by atoms with Gasteiger partial charge in [0.2, 0.25) is 0 Å². The van der Waals surface area contributed by atoms with Crippen LogP contribution in [0.4, 0.5) is 0 Å². The summed E-state index contributed by atoms with van der Waals surface area (Å²) in [5.41, 5.74) is 2.38. The molecule has 0 aliphatic heterocycles. The molecule has 25 heavy (non-hydrogen) atoms. The Morgan fingerprint density at radius 3 is 2.60 bits per heavy atom. The molecule has 0 unspecified atom stereocenters. The largest absolute Gasteiger partial charge is 0.480 e. The Labute approximate surface area is 151 Å². The van der Waals surface area contributed by atoms with Gasteiger partial charge in [-0.25, -0.2) is 0 Å². The van der Waals surface area contributed by atoms with E-state index >= 15 is 0 Å². The van der Waals surface area contributed by atoms with E-state index in [1.165, 1.54) is 16.7 Å². The molecule has 1 heterocycles. The number of aromatic nitrogens is 1. The number of hydrogen-bond acceptors (Lipinski definition) is 5. The second-order valence-electron chi connectivity index (χ2n) is 5.71. The Bertz CT molecular complexity index is 738. The lowest BCUT2D eigenvalue weighted by atomic mass is 10.2. The standard InChI is InChI=1S/C18H22N2O4S/c1-4-9-20(10-17(21)22)18(23)14-7-5-6-8-16(14)25-11-15-12(2)19-24-13(15)3/h5-8H,4,9-11H2,1-3H3,(H,21,22). The zero-order valence-corrected chi connectivity index (χ0v) is 15.4. The lowest BCUT2D eigenvalue weighted by Crippen LogP contribution is -2.36. The summed E-state index contributed by atoms with van der Waals surface area (Å²) in [4.78, 5) is 26.0. The molecule has 1 aromatic carbocycles. The SMILES string of the molecule is CCCN(CC(=O)O)C(=O)c1ccccc1SCc1c(C)noc1C. The number of benzene rings is 1. The first-order chi connectivity index (χ1) is 11.9. The van der Waals surface area contributed by atoms with Crippen molar-refractivity contribution in [2.75, 3.05) is 13.1 Å². The minimum Gasteiger partial charge on any atom is -0.480 e. The van der Waals surface area contributed by atoms with Gasteiger partial charge < -0.3 is 14.5 Å². The first-order valence-electron chi connectivity index (χ1n) is 8.08. The van der Waals surface area contributed by atoms with Gasteiger partial charge in [0.25, 0.3) is 5.91 Å². The molecule has 0 fully saturated rings. The molecular formula is C18H22N2O4S. The van der Waals surface area contributed by atoms with Crippen LogP contribution in [-0.4, -0.2) is 40.1 Å². The van der Waals surface area contributed by atoms with Crippen molar-refractivity contribution in [2.24, 2.45) is 0 Å². The van der Waals surface area contributed by atoms with E-state index in [2.05, 4.69) is 5.16 Å². The molecule has 134 valence electrons. The van der Waals surface area contributed by atoms with E-state index in [9.17, 15) is 9.59 Å². The van der Waals surface area contributed by atoms with Gasteiger partial charge in [-0.2, -0.15) is 0 Å². The fraction of sp³-hybridized carbons (Fsp3) is 0.389. The van der Waals surface area contributed by atoms with Crippen molar-refractivity contribution in [1.29, 1.82) is 0 Å². The quantitative estimate of drug-likeness (QED) is 0.723. The molecule has 6 nitrogen and oxygen atoms in total. The molecule has 0 saturated carbocycles. The first-order valence-corrected chi connectivity index (χ1v) is 9.07. The highest BCUT2D eigenvalue weighted by atomic mass is 32.2. The van der Waals surface area contributed by atoms with Gasteiger partial charge >= 0.3 is 5.97 Å². The van der Waals surface area contributed by atoms with Crippen molar-refractivity contribution in [3.05, 3.63) is 46.8 Å². The zero-order valence-electron chi connectivity index (χ0n) is 14.6. The van der Waals surface area contributed by atoms with Gasteiger partial charge in [0.05, 0.1) is 11.3 Å². The summed E-state index contributed by atoms with van der Waals surface area (Å²) in [6.07, 6.45) is 0.702. The van der Waals surface area contributed by atoms with Gasteiger partial charge in [-0.1, -0.05) is 24.2 Å². The molecule has 0 radical (unpaired) electrons. The van der Waals surface area contributed by atoms with Crippen molar-refractivity contribution in [1.82, 2.24) is 10.1 Å². The molecule has 0 spiro atoms. The predicted octanol–water partition coefficient (Wildman–Crippen LogP) is 3.52. The van der Waals surface area contributed by atoms with E-state index < -0.39 is 5.97 Å². The predicted molar refractivity (Wildman–Crippen MR) is 95.8 cm³/mol. The van der Waals surface area contributed by atoms with Crippen molar-refractivity contribution in [2.45, 2.75) is 37.8 Å². The summed E-state index contributed by atoms with van der Waals surface area (Å²) in [7, 11) is 0. The number of amides is 1. The third kappa shape index (κ3) is 4.85. The minimum atomic E-state index is -1.01. The highest BCUT2D eigenvalue weighted by Crippen LogP contribution is 2.29. The van der Waals surface area contributed by atoms with E-state index in [1.54, 1.807) is 12.1 Å². The van der Waals surface area contributed by atoms with Crippen LogP contribution >= 0.6 is 11.8 Å². The molecule has 1 aromatic heterocycles. The smallest absolute Gasteiger partial charge is 0.323 e. The Kier molecular flexibility index (Phi) is 6.64. The van der Waals surface area contributed by atoms with Crippen LogP contribution in [0.2, 0.25) is 0 Å². The van der Waals surface area contributed by atoms with Crippen LogP contribution in [0.25, 0.3) is 0 Å². The summed E-state index contributed by atoms with van der Waals surface area (Å²) in [6, 6.07) is 7.27. The van der Waals surface area contributed by atoms with Crippen LogP contribution in [0.15, 0.2) is 33.7 Å². The number of nitrogens with zero attached hydrogens (tertiary/aromatic N) is 2. The zero-order chi connectivity index (χ0) is 18.4. The Morgan fingerprint density at radius 2 is 2.00 bits per heavy atom. The van der Waals surface area contributed by atoms with Crippen LogP contribution in [0.3, 0.4) is 0 Å². The van der Waals surface area contributed by atoms with Gasteiger partial charge in [-0.15, -0.1) is 11.8 Å². The van der Waals surface area contributed by atoms with Crippen molar-refractivity contribution in [3.63, 3.8) is 0 Å². The third-order valence-corrected chi connectivity index (χ3v) is 4.88. The summed E-state index contributed by atoms with van der Waals surface area (Å²) in [5, 5.41) is 13.0. The summed E-state index contributed by atoms with van der Waals surface area (Å²) < 4.78 is 5.17. The van der Waals surface area contributed by atoms with Crippen molar-refractivity contribution < 1.29 is 19.2 Å². The minimum absolute atomic E-state index is 0.258. The fourth-order valence-corrected chi connectivity index (χ4v) is 3.68. The van der Waals surface area contributed by atoms with Gasteiger partial charge in [0, 0.05) is 22.8 Å². The molecule has 0 atom stereocenters. The molecule has 0 saturated heterocycles. The molecule has 2 rings (SSSR count). The first kappa shape index (κ1) is 19.1. The van der Waals surface area contributed by atoms with E-state index in [0.29, 0.717) is 24.3 Å². The fourth-order valence-electron chi connectivity index (χ4n) is 2.48. The van der Waals surface area contributed by atoms with Crippen LogP contribution < -0.4 is 0 Å². The third-order valence-electron chi connectivity index (χ3n) is 3.78. The monoisotopic (exact) mass is 362 g/mol. The highest BCUT2D eigenvalue weighted by molar-refractivity contribution is 7.98. The number of carboxylic acids is 1. The maximum absolute atomic E-state index is 12.8. The maximum atomic E-state index is 12.8. The average molecular weight is 362 g/mol. The average Bonchev–Trinajstić information content (AvgIpc) is 2.90. The van der Waals surface area contributed by atoms with Crippen molar-refractivity contribution in [3.8, 4) is 0 Å². The molecule has 1 amide bonds. The van der Waals surface area contributed by atoms with Crippen LogP contribution in [-0.2, 0) is 10.5 Å². The number of aryl methyl sites for hydroxylation is 2. The van der Waals surface area contributed by atoms with Gasteiger partial charge in [0.1, 0.15) is 12.3 Å². The summed E-state index contributed by atoms with van der Waals surface area (Å²) in [6.45, 7) is 5.78. The molecular weight excluding hydrogens is 340 g/mol. The van der Waals surface area contributed by atoms with Crippen LogP contribution in [0.5, 0.6) is 0 Å². The Morgan fingerprint density at radius 1 is 1.28 bits per heavy atom. The topological polar surface area (TPSA) is 83.6 Å². The van der Waals surface area contributed by atoms with Gasteiger partial charge in [-0.05, 0) is 32.4 Å². The number of carbonyl (C=O) groups excluding carboxylic acids is 1. The normalized spacial score (nSPS) is 10.7. The van der Waals surface area contributed by atoms with E-state index in [0.717, 1.165) is 21.9 Å². The highest BCUT2D eigenvalue weighted by Gasteiger charge is 2.21. The number of carbonyl (C=O) groups is 2. The number of rotatable bonds is 8. The number of thioether (sulfide) groups is 1. The van der Waals surface area contributed by atoms with Crippen LogP contribution in [0.1, 0.15) is 40.7 Å². The molecule has 0 aliphatic rings. The van der Waals surface area contributed by atoms with Gasteiger partial charge in [-0.3, -0.25) is 9.59 Å². The van der Waals surface area contributed by atoms with Crippen LogP contribution in [0, 0.1) is 13.8 Å². The molecule has 7 heteroatoms. The number of carboxylic acid groups (broad SMARTS) is 1. The summed E-state index contributed by atoms with van der Waals surface area (Å²) >= 11 is 1.52. The summed E-state index contributed by atoms with van der Waals surface area (Å²) in [5.74, 6) is 0.138. The van der Waals surface area contributed by atoms with E-state index in [4.69, 9.17) is 9.63 Å². The van der Waals surface area contributed by atoms with E-state index in [-0.39, 0.29) is 12.5 Å². The second-order valence-corrected chi connectivity index (χ2v) is 6.73. The number of hydrogen-bond donors (Lipinski definition) is 1. The molecule has 0 bridgehead atoms. The molecule has 2 aromatic rings. The second kappa shape index (κ2) is 8.71. The Balaban J connectivity index is 2.21. The molecule has 0 aliphatic carbocycles. The van der Waals surface area contributed by atoms with Crippen molar-refractivity contribution >= 4 is 23.6 Å². The van der Waals surface area contributed by atoms with E-state index in [1.807, 2.05) is 32.9 Å². The lowest BCUT2D eigenvalue weighted by Gasteiger charge is -2.21. The number of aliphatic carboxylic acids is 1.